The number of ether oxygens (including phenoxy) is 6. The van der Waals surface area contributed by atoms with Crippen LogP contribution in [0.25, 0.3) is 6.08 Å². The third-order valence-electron chi connectivity index (χ3n) is 6.78. The van der Waals surface area contributed by atoms with Gasteiger partial charge in [0, 0.05) is 12.5 Å². The van der Waals surface area contributed by atoms with Crippen molar-refractivity contribution in [2.75, 3.05) is 20.3 Å². The van der Waals surface area contributed by atoms with Crippen molar-refractivity contribution in [1.82, 2.24) is 0 Å². The van der Waals surface area contributed by atoms with Crippen molar-refractivity contribution in [3.8, 4) is 11.5 Å². The standard InChI is InChI=1S/C26H30O13/c1-3-14-24(36-12-15-23(32)35-9-8-26(14,15)33)39-25-21(31)20(30)22(18(11-27)37-25)38-19(29)7-5-13-4-6-16(28)17(10-13)34-2/h3-7,10,12,14,18,20-22,24-25,27-28,30-31,33H,1,8-9,11H2,2H3/t14-,18-,20-,21-,22+,24-,25-,26-/m0/s1. The van der Waals surface area contributed by atoms with E-state index < -0.39 is 67.1 Å². The molecule has 8 atom stereocenters. The monoisotopic (exact) mass is 550 g/mol. The zero-order chi connectivity index (χ0) is 28.3. The number of aliphatic hydroxyl groups excluding tert-OH is 3. The maximum atomic E-state index is 12.4. The van der Waals surface area contributed by atoms with Crippen molar-refractivity contribution in [2.45, 2.75) is 49.0 Å². The summed E-state index contributed by atoms with van der Waals surface area (Å²) in [5, 5.41) is 52.1. The number of aliphatic hydroxyl groups is 4. The van der Waals surface area contributed by atoms with Gasteiger partial charge in [0.25, 0.3) is 0 Å². The van der Waals surface area contributed by atoms with Crippen LogP contribution in [0.2, 0.25) is 0 Å². The molecule has 0 aliphatic carbocycles. The summed E-state index contributed by atoms with van der Waals surface area (Å²) in [6, 6.07) is 4.38. The number of hydrogen-bond donors (Lipinski definition) is 5. The zero-order valence-electron chi connectivity index (χ0n) is 20.9. The molecule has 212 valence electrons. The Bertz CT molecular complexity index is 1140. The first-order valence-electron chi connectivity index (χ1n) is 12.0. The number of cyclic esters (lactones) is 1. The third-order valence-corrected chi connectivity index (χ3v) is 6.78. The van der Waals surface area contributed by atoms with Crippen LogP contribution >= 0.6 is 0 Å². The highest BCUT2D eigenvalue weighted by molar-refractivity contribution is 5.91. The summed E-state index contributed by atoms with van der Waals surface area (Å²) in [5.74, 6) is -2.53. The number of phenolic OH excluding ortho intramolecular Hbond substituents is 1. The number of rotatable bonds is 8. The summed E-state index contributed by atoms with van der Waals surface area (Å²) in [6.45, 7) is 2.92. The van der Waals surface area contributed by atoms with Gasteiger partial charge < -0.3 is 54.0 Å². The molecule has 0 spiro atoms. The van der Waals surface area contributed by atoms with E-state index in [1.807, 2.05) is 0 Å². The smallest absolute Gasteiger partial charge is 0.340 e. The molecule has 2 fully saturated rings. The number of hydrogen-bond acceptors (Lipinski definition) is 13. The maximum Gasteiger partial charge on any atom is 0.340 e. The Morgan fingerprint density at radius 1 is 1.26 bits per heavy atom. The Morgan fingerprint density at radius 3 is 2.72 bits per heavy atom. The second-order valence-corrected chi connectivity index (χ2v) is 9.12. The molecule has 3 heterocycles. The van der Waals surface area contributed by atoms with Crippen molar-refractivity contribution in [1.29, 1.82) is 0 Å². The normalized spacial score (nSPS) is 34.3. The first-order valence-corrected chi connectivity index (χ1v) is 12.0. The maximum absolute atomic E-state index is 12.4. The van der Waals surface area contributed by atoms with Crippen LogP contribution < -0.4 is 4.74 Å². The van der Waals surface area contributed by atoms with Crippen LogP contribution in [0, 0.1) is 5.92 Å². The molecule has 13 nitrogen and oxygen atoms in total. The van der Waals surface area contributed by atoms with Crippen molar-refractivity contribution in [2.24, 2.45) is 5.92 Å². The van der Waals surface area contributed by atoms with Gasteiger partial charge in [-0.25, -0.2) is 9.59 Å². The van der Waals surface area contributed by atoms with Gasteiger partial charge in [0.15, 0.2) is 23.9 Å². The van der Waals surface area contributed by atoms with E-state index in [1.165, 1.54) is 37.5 Å². The SMILES string of the molecule is C=C[C@H]1[C@H](O[C@@H]2O[C@@H](CO)[C@@H](OC(=O)C=Cc3ccc(O)c(OC)c3)[C@@H](O)[C@@H]2O)OC=C2C(=O)OCC[C@@]21O. The molecule has 13 heteroatoms. The van der Waals surface area contributed by atoms with E-state index in [0.29, 0.717) is 5.56 Å². The van der Waals surface area contributed by atoms with E-state index in [-0.39, 0.29) is 30.1 Å². The molecule has 0 radical (unpaired) electrons. The van der Waals surface area contributed by atoms with E-state index in [4.69, 9.17) is 28.4 Å². The number of methoxy groups -OCH3 is 1. The molecule has 39 heavy (non-hydrogen) atoms. The van der Waals surface area contributed by atoms with Crippen LogP contribution in [-0.4, -0.2) is 100 Å². The van der Waals surface area contributed by atoms with E-state index in [1.54, 1.807) is 0 Å². The Morgan fingerprint density at radius 2 is 2.03 bits per heavy atom. The van der Waals surface area contributed by atoms with Gasteiger partial charge in [0.05, 0.1) is 32.5 Å². The number of carbonyl (C=O) groups excluding carboxylic acids is 2. The fourth-order valence-corrected chi connectivity index (χ4v) is 4.63. The summed E-state index contributed by atoms with van der Waals surface area (Å²) in [6.07, 6.45) is -4.35. The highest BCUT2D eigenvalue weighted by Gasteiger charge is 2.55. The molecule has 5 N–H and O–H groups in total. The lowest BCUT2D eigenvalue weighted by Crippen LogP contribution is -2.62. The molecule has 1 aromatic carbocycles. The number of phenols is 1. The molecular formula is C26H30O13. The van der Waals surface area contributed by atoms with Crippen LogP contribution in [0.15, 0.2) is 48.8 Å². The van der Waals surface area contributed by atoms with Crippen molar-refractivity contribution in [3.63, 3.8) is 0 Å². The van der Waals surface area contributed by atoms with Gasteiger partial charge in [-0.3, -0.25) is 0 Å². The minimum absolute atomic E-state index is 0.0423. The molecule has 3 aliphatic rings. The highest BCUT2D eigenvalue weighted by atomic mass is 16.8. The van der Waals surface area contributed by atoms with Gasteiger partial charge >= 0.3 is 11.9 Å². The first kappa shape index (κ1) is 28.5. The molecule has 3 aliphatic heterocycles. The lowest BCUT2D eigenvalue weighted by molar-refractivity contribution is -0.344. The van der Waals surface area contributed by atoms with Crippen molar-refractivity contribution < 1.29 is 63.5 Å². The average Bonchev–Trinajstić information content (AvgIpc) is 2.92. The van der Waals surface area contributed by atoms with E-state index in [9.17, 15) is 35.1 Å². The number of benzene rings is 1. The highest BCUT2D eigenvalue weighted by Crippen LogP contribution is 2.42. The van der Waals surface area contributed by atoms with Gasteiger partial charge in [-0.1, -0.05) is 12.1 Å². The van der Waals surface area contributed by atoms with Crippen LogP contribution in [-0.2, 0) is 33.3 Å². The van der Waals surface area contributed by atoms with Crippen molar-refractivity contribution in [3.05, 3.63) is 54.3 Å². The van der Waals surface area contributed by atoms with Gasteiger partial charge in [-0.15, -0.1) is 6.58 Å². The number of fused-ring (bicyclic) bond motifs is 1. The summed E-state index contributed by atoms with van der Waals surface area (Å²) in [4.78, 5) is 24.5. The van der Waals surface area contributed by atoms with Gasteiger partial charge in [-0.2, -0.15) is 0 Å². The predicted molar refractivity (Wildman–Crippen MR) is 130 cm³/mol. The Balaban J connectivity index is 1.43. The molecular weight excluding hydrogens is 520 g/mol. The van der Waals surface area contributed by atoms with E-state index in [2.05, 4.69) is 6.58 Å². The minimum atomic E-state index is -1.76. The first-order chi connectivity index (χ1) is 18.6. The van der Waals surface area contributed by atoms with Crippen molar-refractivity contribution >= 4 is 18.0 Å². The van der Waals surface area contributed by atoms with Crippen LogP contribution in [0.1, 0.15) is 12.0 Å². The molecule has 4 rings (SSSR count). The van der Waals surface area contributed by atoms with Gasteiger partial charge in [0.1, 0.15) is 29.5 Å². The largest absolute Gasteiger partial charge is 0.504 e. The molecule has 0 amide bonds. The summed E-state index contributed by atoms with van der Waals surface area (Å²) < 4.78 is 32.0. The van der Waals surface area contributed by atoms with Crippen LogP contribution in [0.4, 0.5) is 0 Å². The van der Waals surface area contributed by atoms with E-state index >= 15 is 0 Å². The fourth-order valence-electron chi connectivity index (χ4n) is 4.63. The zero-order valence-corrected chi connectivity index (χ0v) is 20.9. The molecule has 2 saturated heterocycles. The topological polar surface area (TPSA) is 191 Å². The van der Waals surface area contributed by atoms with Crippen LogP contribution in [0.3, 0.4) is 0 Å². The second-order valence-electron chi connectivity index (χ2n) is 9.12. The van der Waals surface area contributed by atoms with Crippen LogP contribution in [0.5, 0.6) is 11.5 Å². The molecule has 0 unspecified atom stereocenters. The quantitative estimate of drug-likeness (QED) is 0.158. The Hall–Kier alpha value is -3.46. The fraction of sp³-hybridized carbons (Fsp3) is 0.462. The van der Waals surface area contributed by atoms with E-state index in [0.717, 1.165) is 12.3 Å². The predicted octanol–water partition coefficient (Wildman–Crippen LogP) is -0.498. The van der Waals surface area contributed by atoms with Gasteiger partial charge in [-0.05, 0) is 23.8 Å². The minimum Gasteiger partial charge on any atom is -0.504 e. The molecule has 0 saturated carbocycles. The second kappa shape index (κ2) is 11.7. The lowest BCUT2D eigenvalue weighted by Gasteiger charge is -2.46. The summed E-state index contributed by atoms with van der Waals surface area (Å²) >= 11 is 0. The summed E-state index contributed by atoms with van der Waals surface area (Å²) in [5.41, 5.74) is -1.31. The molecule has 0 aromatic heterocycles. The Labute approximate surface area is 223 Å². The molecule has 0 bridgehead atoms. The summed E-state index contributed by atoms with van der Waals surface area (Å²) in [7, 11) is 1.37. The average molecular weight is 551 g/mol. The number of carbonyl (C=O) groups is 2. The number of esters is 2. The third kappa shape index (κ3) is 5.64. The molecule has 1 aromatic rings. The van der Waals surface area contributed by atoms with Gasteiger partial charge in [0.2, 0.25) is 6.29 Å². The Kier molecular flexibility index (Phi) is 8.59. The lowest BCUT2D eigenvalue weighted by atomic mass is 9.76. The number of aromatic hydroxyl groups is 1.